The lowest BCUT2D eigenvalue weighted by molar-refractivity contribution is 0.414. The summed E-state index contributed by atoms with van der Waals surface area (Å²) in [5.41, 5.74) is 7.02. The second kappa shape index (κ2) is 4.73. The molecule has 1 aromatic carbocycles. The van der Waals surface area contributed by atoms with E-state index in [1.165, 1.54) is 0 Å². The summed E-state index contributed by atoms with van der Waals surface area (Å²) in [7, 11) is 1.66. The van der Waals surface area contributed by atoms with Crippen LogP contribution in [-0.2, 0) is 6.54 Å². The molecule has 0 amide bonds. The van der Waals surface area contributed by atoms with Crippen LogP contribution in [0.4, 0.5) is 5.82 Å². The number of hydrogen-bond donors (Lipinski definition) is 1. The van der Waals surface area contributed by atoms with Gasteiger partial charge < -0.3 is 10.5 Å². The lowest BCUT2D eigenvalue weighted by Crippen LogP contribution is -2.06. The Morgan fingerprint density at radius 1 is 1.38 bits per heavy atom. The summed E-state index contributed by atoms with van der Waals surface area (Å²) < 4.78 is 7.86. The Labute approximate surface area is 108 Å². The predicted molar refractivity (Wildman–Crippen MR) is 71.5 cm³/mol. The Bertz CT molecular complexity index is 478. The van der Waals surface area contributed by atoms with Gasteiger partial charge >= 0.3 is 0 Å². The van der Waals surface area contributed by atoms with Gasteiger partial charge in [-0.15, -0.1) is 0 Å². The monoisotopic (exact) mass is 329 g/mol. The molecule has 5 heteroatoms. The molecule has 84 valence electrons. The van der Waals surface area contributed by atoms with E-state index in [9.17, 15) is 0 Å². The summed E-state index contributed by atoms with van der Waals surface area (Å²) >= 11 is 2.17. The van der Waals surface area contributed by atoms with Gasteiger partial charge in [0.2, 0.25) is 0 Å². The number of methoxy groups -OCH3 is 1. The van der Waals surface area contributed by atoms with Crippen LogP contribution >= 0.6 is 22.6 Å². The standard InChI is InChI=1S/C11H12IN3O/c1-16-9-4-2-8(3-5-9)7-15-11(13)10(12)6-14-15/h2-6H,7,13H2,1H3. The minimum Gasteiger partial charge on any atom is -0.497 e. The number of hydrogen-bond acceptors (Lipinski definition) is 3. The topological polar surface area (TPSA) is 53.1 Å². The number of ether oxygens (including phenoxy) is 1. The van der Waals surface area contributed by atoms with Crippen molar-refractivity contribution in [2.24, 2.45) is 0 Å². The van der Waals surface area contributed by atoms with E-state index in [1.54, 1.807) is 18.0 Å². The van der Waals surface area contributed by atoms with Crippen LogP contribution in [0.25, 0.3) is 0 Å². The lowest BCUT2D eigenvalue weighted by Gasteiger charge is -2.05. The summed E-state index contributed by atoms with van der Waals surface area (Å²) in [6.07, 6.45) is 1.76. The van der Waals surface area contributed by atoms with Crippen LogP contribution in [0.2, 0.25) is 0 Å². The highest BCUT2D eigenvalue weighted by atomic mass is 127. The molecule has 2 N–H and O–H groups in total. The van der Waals surface area contributed by atoms with E-state index >= 15 is 0 Å². The molecule has 0 unspecified atom stereocenters. The van der Waals surface area contributed by atoms with Gasteiger partial charge in [-0.3, -0.25) is 0 Å². The fourth-order valence-corrected chi connectivity index (χ4v) is 1.80. The van der Waals surface area contributed by atoms with Gasteiger partial charge in [0.05, 0.1) is 23.4 Å². The molecule has 1 aromatic heterocycles. The van der Waals surface area contributed by atoms with Crippen LogP contribution in [0.15, 0.2) is 30.5 Å². The molecule has 2 aromatic rings. The molecule has 16 heavy (non-hydrogen) atoms. The van der Waals surface area contributed by atoms with E-state index in [1.807, 2.05) is 24.3 Å². The van der Waals surface area contributed by atoms with Crippen molar-refractivity contribution in [1.29, 1.82) is 0 Å². The molecule has 0 fully saturated rings. The fraction of sp³-hybridized carbons (Fsp3) is 0.182. The van der Waals surface area contributed by atoms with Crippen molar-refractivity contribution in [3.63, 3.8) is 0 Å². The van der Waals surface area contributed by atoms with Gasteiger partial charge in [-0.2, -0.15) is 5.10 Å². The number of rotatable bonds is 3. The summed E-state index contributed by atoms with van der Waals surface area (Å²) in [5.74, 6) is 1.56. The van der Waals surface area contributed by atoms with Gasteiger partial charge in [0, 0.05) is 0 Å². The Morgan fingerprint density at radius 3 is 2.56 bits per heavy atom. The van der Waals surface area contributed by atoms with Crippen molar-refractivity contribution in [3.05, 3.63) is 39.6 Å². The normalized spacial score (nSPS) is 10.4. The van der Waals surface area contributed by atoms with E-state index in [0.717, 1.165) is 14.9 Å². The second-order valence-electron chi connectivity index (χ2n) is 3.38. The van der Waals surface area contributed by atoms with Crippen LogP contribution in [-0.4, -0.2) is 16.9 Å². The minimum atomic E-state index is 0.679. The van der Waals surface area contributed by atoms with E-state index in [2.05, 4.69) is 27.7 Å². The first kappa shape index (κ1) is 11.3. The van der Waals surface area contributed by atoms with Crippen molar-refractivity contribution in [2.75, 3.05) is 12.8 Å². The Morgan fingerprint density at radius 2 is 2.06 bits per heavy atom. The van der Waals surface area contributed by atoms with Gasteiger partial charge in [0.25, 0.3) is 0 Å². The van der Waals surface area contributed by atoms with Crippen molar-refractivity contribution in [1.82, 2.24) is 9.78 Å². The van der Waals surface area contributed by atoms with E-state index in [0.29, 0.717) is 12.4 Å². The van der Waals surface area contributed by atoms with Crippen molar-refractivity contribution < 1.29 is 4.74 Å². The highest BCUT2D eigenvalue weighted by Crippen LogP contribution is 2.16. The molecule has 0 spiro atoms. The molecule has 2 rings (SSSR count). The van der Waals surface area contributed by atoms with Crippen LogP contribution in [0.3, 0.4) is 0 Å². The third-order valence-corrected chi connectivity index (χ3v) is 3.16. The molecular weight excluding hydrogens is 317 g/mol. The smallest absolute Gasteiger partial charge is 0.135 e. The molecule has 0 atom stereocenters. The highest BCUT2D eigenvalue weighted by Gasteiger charge is 2.04. The Balaban J connectivity index is 2.17. The molecule has 0 radical (unpaired) electrons. The average Bonchev–Trinajstić information content (AvgIpc) is 2.62. The largest absolute Gasteiger partial charge is 0.497 e. The summed E-state index contributed by atoms with van der Waals surface area (Å²) in [5, 5.41) is 4.21. The van der Waals surface area contributed by atoms with Crippen LogP contribution < -0.4 is 10.5 Å². The molecule has 0 aliphatic carbocycles. The molecule has 0 aliphatic rings. The average molecular weight is 329 g/mol. The van der Waals surface area contributed by atoms with Crippen molar-refractivity contribution >= 4 is 28.4 Å². The number of benzene rings is 1. The maximum atomic E-state index is 5.87. The SMILES string of the molecule is COc1ccc(Cn2ncc(I)c2N)cc1. The van der Waals surface area contributed by atoms with E-state index in [4.69, 9.17) is 10.5 Å². The quantitative estimate of drug-likeness (QED) is 0.878. The molecule has 1 heterocycles. The van der Waals surface area contributed by atoms with Crippen molar-refractivity contribution in [3.8, 4) is 5.75 Å². The summed E-state index contributed by atoms with van der Waals surface area (Å²) in [6.45, 7) is 0.679. The maximum absolute atomic E-state index is 5.87. The number of anilines is 1. The molecular formula is C11H12IN3O. The van der Waals surface area contributed by atoms with Gasteiger partial charge in [-0.25, -0.2) is 4.68 Å². The van der Waals surface area contributed by atoms with Crippen LogP contribution in [0.1, 0.15) is 5.56 Å². The summed E-state index contributed by atoms with van der Waals surface area (Å²) in [4.78, 5) is 0. The predicted octanol–water partition coefficient (Wildman–Crippen LogP) is 2.13. The molecule has 0 saturated carbocycles. The number of nitrogens with two attached hydrogens (primary N) is 1. The number of halogens is 1. The first-order chi connectivity index (χ1) is 7.70. The Kier molecular flexibility index (Phi) is 3.33. The van der Waals surface area contributed by atoms with E-state index in [-0.39, 0.29) is 0 Å². The van der Waals surface area contributed by atoms with Gasteiger partial charge in [-0.1, -0.05) is 12.1 Å². The Hall–Kier alpha value is -1.24. The van der Waals surface area contributed by atoms with Crippen LogP contribution in [0, 0.1) is 3.57 Å². The number of nitrogens with zero attached hydrogens (tertiary/aromatic N) is 2. The zero-order valence-electron chi connectivity index (χ0n) is 8.85. The number of aromatic nitrogens is 2. The lowest BCUT2D eigenvalue weighted by atomic mass is 10.2. The van der Waals surface area contributed by atoms with E-state index < -0.39 is 0 Å². The molecule has 0 aliphatic heterocycles. The third kappa shape index (κ3) is 2.29. The zero-order chi connectivity index (χ0) is 11.5. The molecule has 0 bridgehead atoms. The van der Waals surface area contributed by atoms with Gasteiger partial charge in [-0.05, 0) is 40.3 Å². The first-order valence-corrected chi connectivity index (χ1v) is 5.88. The molecule has 4 nitrogen and oxygen atoms in total. The van der Waals surface area contributed by atoms with Gasteiger partial charge in [0.15, 0.2) is 0 Å². The third-order valence-electron chi connectivity index (χ3n) is 2.32. The van der Waals surface area contributed by atoms with Crippen molar-refractivity contribution in [2.45, 2.75) is 6.54 Å². The maximum Gasteiger partial charge on any atom is 0.135 e. The van der Waals surface area contributed by atoms with Crippen LogP contribution in [0.5, 0.6) is 5.75 Å². The number of nitrogen functional groups attached to an aromatic ring is 1. The fourth-order valence-electron chi connectivity index (χ4n) is 1.40. The first-order valence-electron chi connectivity index (χ1n) is 4.80. The molecule has 0 saturated heterocycles. The zero-order valence-corrected chi connectivity index (χ0v) is 11.0. The minimum absolute atomic E-state index is 0.679. The highest BCUT2D eigenvalue weighted by molar-refractivity contribution is 14.1. The summed E-state index contributed by atoms with van der Waals surface area (Å²) in [6, 6.07) is 7.87. The second-order valence-corrected chi connectivity index (χ2v) is 4.55. The van der Waals surface area contributed by atoms with Gasteiger partial charge in [0.1, 0.15) is 11.6 Å².